The zero-order valence-corrected chi connectivity index (χ0v) is 18.0. The van der Waals surface area contributed by atoms with Gasteiger partial charge in [-0.2, -0.15) is 0 Å². The van der Waals surface area contributed by atoms with Crippen molar-refractivity contribution >= 4 is 5.97 Å². The third kappa shape index (κ3) is 4.90. The molecule has 3 atom stereocenters. The number of ether oxygens (including phenoxy) is 1. The Balaban J connectivity index is 0.00000225. The number of aliphatic hydroxyl groups excluding tert-OH is 1. The van der Waals surface area contributed by atoms with Gasteiger partial charge in [0.25, 0.3) is 0 Å². The van der Waals surface area contributed by atoms with E-state index in [1.807, 2.05) is 30.3 Å². The molecular formula is C20H34BrNO5. The molecule has 2 bridgehead atoms. The van der Waals surface area contributed by atoms with Crippen molar-refractivity contribution in [3.63, 3.8) is 0 Å². The first-order valence-electron chi connectivity index (χ1n) is 9.18. The van der Waals surface area contributed by atoms with Gasteiger partial charge in [-0.1, -0.05) is 30.3 Å². The third-order valence-corrected chi connectivity index (χ3v) is 6.54. The number of aliphatic hydroxyl groups is 1. The third-order valence-electron chi connectivity index (χ3n) is 6.54. The first-order chi connectivity index (χ1) is 11.5. The zero-order chi connectivity index (χ0) is 17.3. The minimum absolute atomic E-state index is 0. The molecule has 0 amide bonds. The number of rotatable bonds is 5. The van der Waals surface area contributed by atoms with Crippen LogP contribution in [0.3, 0.4) is 0 Å². The van der Waals surface area contributed by atoms with E-state index in [1.165, 1.54) is 12.8 Å². The molecule has 2 heterocycles. The molecule has 27 heavy (non-hydrogen) atoms. The summed E-state index contributed by atoms with van der Waals surface area (Å²) in [4.78, 5) is 12.6. The number of carbonyl (C=O) groups is 1. The molecule has 3 unspecified atom stereocenters. The van der Waals surface area contributed by atoms with Crippen LogP contribution >= 0.6 is 0 Å². The van der Waals surface area contributed by atoms with Crippen LogP contribution in [0.5, 0.6) is 0 Å². The smallest absolute Gasteiger partial charge is 0.316 e. The second-order valence-corrected chi connectivity index (χ2v) is 7.88. The van der Waals surface area contributed by atoms with Gasteiger partial charge in [-0.25, -0.2) is 0 Å². The number of fused-ring (bicyclic) bond motifs is 2. The molecule has 1 aromatic carbocycles. The van der Waals surface area contributed by atoms with Crippen LogP contribution in [0.15, 0.2) is 30.3 Å². The highest BCUT2D eigenvalue weighted by Crippen LogP contribution is 2.44. The highest BCUT2D eigenvalue weighted by molar-refractivity contribution is 5.78. The predicted octanol–water partition coefficient (Wildman–Crippen LogP) is -1.79. The summed E-state index contributed by atoms with van der Waals surface area (Å²) in [5.41, 5.74) is 0.826. The number of halogens is 1. The van der Waals surface area contributed by atoms with Gasteiger partial charge in [-0.3, -0.25) is 4.79 Å². The zero-order valence-electron chi connectivity index (χ0n) is 16.4. The summed E-state index contributed by atoms with van der Waals surface area (Å²) in [6.07, 6.45) is 4.36. The van der Waals surface area contributed by atoms with Crippen LogP contribution in [0, 0.1) is 0 Å². The Labute approximate surface area is 172 Å². The van der Waals surface area contributed by atoms with E-state index in [2.05, 4.69) is 20.9 Å². The molecule has 2 fully saturated rings. The van der Waals surface area contributed by atoms with E-state index in [4.69, 9.17) is 4.74 Å². The standard InChI is InChI=1S/C20H30NO3.BrH.2H2O/c1-14(2)21(3)16-9-10-17(21)12-18(11-16)24-20(23)19(13-22)15-7-5-4-6-8-15;;;/h4-8,14,16-19,22H,9-13H2,1-3H3;1H;2*1H2/q+1;;;/p-1. The van der Waals surface area contributed by atoms with Gasteiger partial charge in [0.1, 0.15) is 12.0 Å². The maximum atomic E-state index is 12.6. The fourth-order valence-electron chi connectivity index (χ4n) is 4.82. The second kappa shape index (κ2) is 10.5. The number of piperidine rings is 1. The van der Waals surface area contributed by atoms with Crippen LogP contribution in [-0.2, 0) is 9.53 Å². The lowest BCUT2D eigenvalue weighted by Crippen LogP contribution is -3.00. The number of hydrogen-bond acceptors (Lipinski definition) is 3. The van der Waals surface area contributed by atoms with Gasteiger partial charge in [-0.15, -0.1) is 0 Å². The van der Waals surface area contributed by atoms with E-state index in [0.717, 1.165) is 22.9 Å². The molecule has 0 spiro atoms. The molecule has 2 aliphatic heterocycles. The SMILES string of the molecule is CC(C)[N+]1(C)C2CCC1CC(OC(=O)C(CO)c1ccccc1)C2.O.O.[Br-]. The molecule has 156 valence electrons. The number of benzene rings is 1. The number of esters is 1. The van der Waals surface area contributed by atoms with Crippen LogP contribution in [0.4, 0.5) is 0 Å². The number of quaternary nitrogens is 1. The maximum absolute atomic E-state index is 12.6. The summed E-state index contributed by atoms with van der Waals surface area (Å²) in [7, 11) is 2.37. The van der Waals surface area contributed by atoms with Crippen LogP contribution in [0.25, 0.3) is 0 Å². The van der Waals surface area contributed by atoms with Gasteiger partial charge >= 0.3 is 5.97 Å². The Hall–Kier alpha value is -0.990. The van der Waals surface area contributed by atoms with E-state index in [1.54, 1.807) is 0 Å². The van der Waals surface area contributed by atoms with Gasteiger partial charge in [0.15, 0.2) is 0 Å². The summed E-state index contributed by atoms with van der Waals surface area (Å²) in [5, 5.41) is 9.65. The topological polar surface area (TPSA) is 110 Å². The molecule has 0 aromatic heterocycles. The Kier molecular flexibility index (Phi) is 10.1. The van der Waals surface area contributed by atoms with Crippen molar-refractivity contribution in [3.05, 3.63) is 35.9 Å². The molecule has 5 N–H and O–H groups in total. The first-order valence-corrected chi connectivity index (χ1v) is 9.18. The first kappa shape index (κ1) is 26.0. The summed E-state index contributed by atoms with van der Waals surface area (Å²) in [6, 6.07) is 11.2. The Morgan fingerprint density at radius 1 is 1.15 bits per heavy atom. The molecule has 6 nitrogen and oxygen atoms in total. The van der Waals surface area contributed by atoms with Crippen molar-refractivity contribution in [1.29, 1.82) is 0 Å². The van der Waals surface area contributed by atoms with E-state index >= 15 is 0 Å². The van der Waals surface area contributed by atoms with E-state index in [9.17, 15) is 9.90 Å². The predicted molar refractivity (Wildman–Crippen MR) is 101 cm³/mol. The summed E-state index contributed by atoms with van der Waals surface area (Å²) in [6.45, 7) is 4.39. The van der Waals surface area contributed by atoms with Gasteiger partial charge in [0, 0.05) is 25.7 Å². The molecule has 0 saturated carbocycles. The van der Waals surface area contributed by atoms with Crippen molar-refractivity contribution < 1.29 is 47.1 Å². The highest BCUT2D eigenvalue weighted by Gasteiger charge is 2.53. The molecule has 3 rings (SSSR count). The Morgan fingerprint density at radius 3 is 2.11 bits per heavy atom. The highest BCUT2D eigenvalue weighted by atomic mass is 79.9. The van der Waals surface area contributed by atoms with Crippen molar-refractivity contribution in [2.45, 2.75) is 69.7 Å². The lowest BCUT2D eigenvalue weighted by atomic mass is 9.94. The van der Waals surface area contributed by atoms with E-state index in [0.29, 0.717) is 18.1 Å². The number of hydrogen-bond donors (Lipinski definition) is 1. The van der Waals surface area contributed by atoms with Crippen LogP contribution < -0.4 is 17.0 Å². The molecule has 0 radical (unpaired) electrons. The molecule has 0 aliphatic carbocycles. The average Bonchev–Trinajstić information content (AvgIpc) is 2.74. The van der Waals surface area contributed by atoms with E-state index < -0.39 is 5.92 Å². The Bertz CT molecular complexity index is 569. The van der Waals surface area contributed by atoms with Gasteiger partial charge in [-0.05, 0) is 19.4 Å². The monoisotopic (exact) mass is 447 g/mol. The molecule has 1 aromatic rings. The van der Waals surface area contributed by atoms with Crippen LogP contribution in [0.1, 0.15) is 51.0 Å². The normalized spacial score (nSPS) is 29.7. The molecule has 7 heteroatoms. The maximum Gasteiger partial charge on any atom is 0.316 e. The molecule has 2 aliphatic rings. The van der Waals surface area contributed by atoms with Crippen LogP contribution in [-0.4, -0.2) is 64.4 Å². The fraction of sp³-hybridized carbons (Fsp3) is 0.650. The van der Waals surface area contributed by atoms with Crippen molar-refractivity contribution in [3.8, 4) is 0 Å². The number of carbonyl (C=O) groups excluding carboxylic acids is 1. The molecule has 2 saturated heterocycles. The van der Waals surface area contributed by atoms with Gasteiger partial charge in [0.05, 0.1) is 31.8 Å². The van der Waals surface area contributed by atoms with Crippen LogP contribution in [0.2, 0.25) is 0 Å². The van der Waals surface area contributed by atoms with Crippen molar-refractivity contribution in [2.24, 2.45) is 0 Å². The minimum atomic E-state index is -0.572. The quantitative estimate of drug-likeness (QED) is 0.424. The summed E-state index contributed by atoms with van der Waals surface area (Å²) >= 11 is 0. The molecular weight excluding hydrogens is 414 g/mol. The second-order valence-electron chi connectivity index (χ2n) is 7.88. The largest absolute Gasteiger partial charge is 1.00 e. The van der Waals surface area contributed by atoms with Gasteiger partial charge < -0.3 is 42.3 Å². The Morgan fingerprint density at radius 2 is 1.67 bits per heavy atom. The summed E-state index contributed by atoms with van der Waals surface area (Å²) in [5.74, 6) is -0.856. The lowest BCUT2D eigenvalue weighted by Gasteiger charge is -2.49. The van der Waals surface area contributed by atoms with Crippen molar-refractivity contribution in [2.75, 3.05) is 13.7 Å². The fourth-order valence-corrected chi connectivity index (χ4v) is 4.82. The number of nitrogens with zero attached hydrogens (tertiary/aromatic N) is 1. The summed E-state index contributed by atoms with van der Waals surface area (Å²) < 4.78 is 6.96. The average molecular weight is 448 g/mol. The van der Waals surface area contributed by atoms with Gasteiger partial charge in [0.2, 0.25) is 0 Å². The minimum Gasteiger partial charge on any atom is -1.00 e. The lowest BCUT2D eigenvalue weighted by molar-refractivity contribution is -0.968. The van der Waals surface area contributed by atoms with E-state index in [-0.39, 0.29) is 46.6 Å². The van der Waals surface area contributed by atoms with Crippen molar-refractivity contribution in [1.82, 2.24) is 0 Å².